The Morgan fingerprint density at radius 3 is 3.07 bits per heavy atom. The lowest BCUT2D eigenvalue weighted by Crippen LogP contribution is -2.04. The van der Waals surface area contributed by atoms with Crippen LogP contribution in [-0.4, -0.2) is 14.9 Å². The first kappa shape index (κ1) is 10.7. The molecule has 1 rings (SSSR count). The summed E-state index contributed by atoms with van der Waals surface area (Å²) >= 11 is 0. The van der Waals surface area contributed by atoms with Crippen LogP contribution >= 0.6 is 0 Å². The summed E-state index contributed by atoms with van der Waals surface area (Å²) in [6.07, 6.45) is 2.59. The maximum Gasteiger partial charge on any atom is 0.150 e. The SMILES string of the molecule is N#CCCCS(=O)c1ncccc1N. The van der Waals surface area contributed by atoms with Crippen LogP contribution in [0.4, 0.5) is 5.69 Å². The summed E-state index contributed by atoms with van der Waals surface area (Å²) in [4.78, 5) is 3.95. The van der Waals surface area contributed by atoms with Crippen molar-refractivity contribution in [2.75, 3.05) is 11.5 Å². The molecule has 1 aromatic heterocycles. The van der Waals surface area contributed by atoms with Crippen LogP contribution in [0.15, 0.2) is 23.4 Å². The molecule has 1 aromatic rings. The van der Waals surface area contributed by atoms with E-state index in [0.29, 0.717) is 29.3 Å². The molecule has 0 fully saturated rings. The van der Waals surface area contributed by atoms with E-state index in [4.69, 9.17) is 11.0 Å². The van der Waals surface area contributed by atoms with E-state index in [9.17, 15) is 4.21 Å². The van der Waals surface area contributed by atoms with Gasteiger partial charge in [-0.1, -0.05) is 0 Å². The molecule has 2 N–H and O–H groups in total. The molecule has 5 heteroatoms. The van der Waals surface area contributed by atoms with Crippen molar-refractivity contribution in [3.05, 3.63) is 18.3 Å². The second-order valence-electron chi connectivity index (χ2n) is 2.71. The van der Waals surface area contributed by atoms with Gasteiger partial charge in [-0.15, -0.1) is 0 Å². The van der Waals surface area contributed by atoms with Gasteiger partial charge in [0.05, 0.1) is 22.6 Å². The first-order valence-corrected chi connectivity index (χ1v) is 5.53. The third kappa shape index (κ3) is 2.82. The molecule has 1 unspecified atom stereocenters. The van der Waals surface area contributed by atoms with E-state index in [0.717, 1.165) is 0 Å². The van der Waals surface area contributed by atoms with Crippen molar-refractivity contribution < 1.29 is 4.21 Å². The molecule has 0 radical (unpaired) electrons. The fourth-order valence-electron chi connectivity index (χ4n) is 0.972. The highest BCUT2D eigenvalue weighted by molar-refractivity contribution is 7.85. The number of nitrogens with two attached hydrogens (primary N) is 1. The van der Waals surface area contributed by atoms with E-state index in [1.807, 2.05) is 6.07 Å². The number of anilines is 1. The number of hydrogen-bond acceptors (Lipinski definition) is 4. The lowest BCUT2D eigenvalue weighted by molar-refractivity contribution is 0.678. The van der Waals surface area contributed by atoms with Gasteiger partial charge in [0.25, 0.3) is 0 Å². The monoisotopic (exact) mass is 209 g/mol. The standard InChI is InChI=1S/C9H11N3OS/c10-5-1-2-7-14(13)9-8(11)4-3-6-12-9/h3-4,6H,1-2,7,11H2. The summed E-state index contributed by atoms with van der Waals surface area (Å²) in [5.41, 5.74) is 6.05. The minimum atomic E-state index is -1.18. The fourth-order valence-corrected chi connectivity index (χ4v) is 2.08. The van der Waals surface area contributed by atoms with Gasteiger partial charge in [-0.25, -0.2) is 4.98 Å². The maximum atomic E-state index is 11.6. The molecule has 0 amide bonds. The Kier molecular flexibility index (Phi) is 4.08. The number of unbranched alkanes of at least 4 members (excludes halogenated alkanes) is 1. The second-order valence-corrected chi connectivity index (χ2v) is 4.20. The van der Waals surface area contributed by atoms with Crippen molar-refractivity contribution >= 4 is 16.5 Å². The molecule has 1 atom stereocenters. The maximum absolute atomic E-state index is 11.6. The molecule has 0 saturated heterocycles. The summed E-state index contributed by atoms with van der Waals surface area (Å²) in [7, 11) is -1.18. The molecule has 0 spiro atoms. The zero-order valence-corrected chi connectivity index (χ0v) is 8.46. The van der Waals surface area contributed by atoms with Crippen LogP contribution in [0.2, 0.25) is 0 Å². The number of nitriles is 1. The third-order valence-electron chi connectivity index (χ3n) is 1.63. The van der Waals surface area contributed by atoms with Gasteiger partial charge >= 0.3 is 0 Å². The van der Waals surface area contributed by atoms with Crippen LogP contribution in [0, 0.1) is 11.3 Å². The highest BCUT2D eigenvalue weighted by Crippen LogP contribution is 2.12. The molecule has 14 heavy (non-hydrogen) atoms. The predicted molar refractivity (Wildman–Crippen MR) is 54.8 cm³/mol. The number of pyridine rings is 1. The first-order chi connectivity index (χ1) is 6.75. The normalized spacial score (nSPS) is 11.9. The van der Waals surface area contributed by atoms with Crippen LogP contribution < -0.4 is 5.73 Å². The number of hydrogen-bond donors (Lipinski definition) is 1. The van der Waals surface area contributed by atoms with Crippen molar-refractivity contribution in [1.29, 1.82) is 5.26 Å². The van der Waals surface area contributed by atoms with Crippen molar-refractivity contribution in [3.63, 3.8) is 0 Å². The van der Waals surface area contributed by atoms with E-state index in [-0.39, 0.29) is 0 Å². The Balaban J connectivity index is 2.62. The third-order valence-corrected chi connectivity index (χ3v) is 3.07. The lowest BCUT2D eigenvalue weighted by Gasteiger charge is -2.02. The van der Waals surface area contributed by atoms with Gasteiger partial charge in [0.2, 0.25) is 0 Å². The quantitative estimate of drug-likeness (QED) is 0.752. The zero-order chi connectivity index (χ0) is 10.4. The topological polar surface area (TPSA) is 79.8 Å². The van der Waals surface area contributed by atoms with Crippen LogP contribution in [0.1, 0.15) is 12.8 Å². The number of aromatic nitrogens is 1. The summed E-state index contributed by atoms with van der Waals surface area (Å²) in [6.45, 7) is 0. The lowest BCUT2D eigenvalue weighted by atomic mass is 10.4. The number of rotatable bonds is 4. The molecule has 0 aromatic carbocycles. The minimum absolute atomic E-state index is 0.415. The molecule has 0 saturated carbocycles. The van der Waals surface area contributed by atoms with Crippen LogP contribution in [0.3, 0.4) is 0 Å². The summed E-state index contributed by atoms with van der Waals surface area (Å²) in [5.74, 6) is 0.439. The Morgan fingerprint density at radius 2 is 2.43 bits per heavy atom. The van der Waals surface area contributed by atoms with Gasteiger partial charge < -0.3 is 5.73 Å². The first-order valence-electron chi connectivity index (χ1n) is 4.21. The molecule has 1 heterocycles. The second kappa shape index (κ2) is 5.35. The molecular formula is C9H11N3OS. The molecule has 0 aliphatic heterocycles. The minimum Gasteiger partial charge on any atom is -0.396 e. The molecule has 0 aliphatic rings. The Labute approximate surface area is 85.2 Å². The van der Waals surface area contributed by atoms with E-state index in [2.05, 4.69) is 4.98 Å². The summed E-state index contributed by atoms with van der Waals surface area (Å²) < 4.78 is 11.6. The van der Waals surface area contributed by atoms with Crippen molar-refractivity contribution in [2.45, 2.75) is 17.9 Å². The molecular weight excluding hydrogens is 198 g/mol. The van der Waals surface area contributed by atoms with Crippen molar-refractivity contribution in [3.8, 4) is 6.07 Å². The highest BCUT2D eigenvalue weighted by Gasteiger charge is 2.07. The molecule has 4 nitrogen and oxygen atoms in total. The number of nitrogens with zero attached hydrogens (tertiary/aromatic N) is 2. The zero-order valence-electron chi connectivity index (χ0n) is 7.64. The van der Waals surface area contributed by atoms with Gasteiger partial charge in [-0.2, -0.15) is 5.26 Å². The van der Waals surface area contributed by atoms with Crippen LogP contribution in [0.5, 0.6) is 0 Å². The number of nitrogen functional groups attached to an aromatic ring is 1. The Hall–Kier alpha value is -1.41. The Bertz CT molecular complexity index is 373. The summed E-state index contributed by atoms with van der Waals surface area (Å²) in [5, 5.41) is 8.74. The van der Waals surface area contributed by atoms with E-state index >= 15 is 0 Å². The summed E-state index contributed by atoms with van der Waals surface area (Å²) in [6, 6.07) is 5.37. The Morgan fingerprint density at radius 1 is 1.64 bits per heavy atom. The van der Waals surface area contributed by atoms with Gasteiger partial charge in [-0.3, -0.25) is 4.21 Å². The highest BCUT2D eigenvalue weighted by atomic mass is 32.2. The largest absolute Gasteiger partial charge is 0.396 e. The van der Waals surface area contributed by atoms with Gasteiger partial charge in [0.15, 0.2) is 0 Å². The van der Waals surface area contributed by atoms with Crippen LogP contribution in [0.25, 0.3) is 0 Å². The van der Waals surface area contributed by atoms with Gasteiger partial charge in [0, 0.05) is 18.4 Å². The van der Waals surface area contributed by atoms with Crippen LogP contribution in [-0.2, 0) is 10.8 Å². The molecule has 0 bridgehead atoms. The average Bonchev–Trinajstić information content (AvgIpc) is 2.18. The smallest absolute Gasteiger partial charge is 0.150 e. The van der Waals surface area contributed by atoms with E-state index in [1.165, 1.54) is 0 Å². The van der Waals surface area contributed by atoms with E-state index in [1.54, 1.807) is 18.3 Å². The van der Waals surface area contributed by atoms with E-state index < -0.39 is 10.8 Å². The van der Waals surface area contributed by atoms with Crippen molar-refractivity contribution in [2.24, 2.45) is 0 Å². The predicted octanol–water partition coefficient (Wildman–Crippen LogP) is 1.08. The average molecular weight is 209 g/mol. The molecule has 0 aliphatic carbocycles. The molecule has 74 valence electrons. The van der Waals surface area contributed by atoms with Gasteiger partial charge in [-0.05, 0) is 18.6 Å². The van der Waals surface area contributed by atoms with Crippen molar-refractivity contribution in [1.82, 2.24) is 4.98 Å². The fraction of sp³-hybridized carbons (Fsp3) is 0.333. The van der Waals surface area contributed by atoms with Gasteiger partial charge in [0.1, 0.15) is 5.03 Å².